The van der Waals surface area contributed by atoms with E-state index >= 15 is 0 Å². The number of amides is 1. The van der Waals surface area contributed by atoms with Crippen molar-refractivity contribution in [3.05, 3.63) is 71.5 Å². The van der Waals surface area contributed by atoms with E-state index in [-0.39, 0.29) is 5.91 Å². The highest BCUT2D eigenvalue weighted by molar-refractivity contribution is 6.03. The van der Waals surface area contributed by atoms with Gasteiger partial charge in [0.2, 0.25) is 5.95 Å². The van der Waals surface area contributed by atoms with Crippen LogP contribution in [0.4, 0.5) is 23.0 Å². The largest absolute Gasteiger partial charge is 0.372 e. The van der Waals surface area contributed by atoms with Gasteiger partial charge in [0.15, 0.2) is 0 Å². The minimum absolute atomic E-state index is 0.259. The van der Waals surface area contributed by atoms with Crippen LogP contribution in [0.15, 0.2) is 54.7 Å². The van der Waals surface area contributed by atoms with Crippen molar-refractivity contribution in [2.75, 3.05) is 28.6 Å². The van der Waals surface area contributed by atoms with E-state index in [0.29, 0.717) is 11.6 Å². The molecule has 6 heteroatoms. The molecule has 1 fully saturated rings. The third-order valence-electron chi connectivity index (χ3n) is 4.96. The fourth-order valence-electron chi connectivity index (χ4n) is 3.65. The molecular formula is C23H25N5O. The van der Waals surface area contributed by atoms with Gasteiger partial charge in [-0.2, -0.15) is 0 Å². The highest BCUT2D eigenvalue weighted by Crippen LogP contribution is 2.23. The zero-order valence-corrected chi connectivity index (χ0v) is 16.8. The molecule has 2 heterocycles. The topological polar surface area (TPSA) is 70.2 Å². The van der Waals surface area contributed by atoms with Gasteiger partial charge < -0.3 is 15.5 Å². The highest BCUT2D eigenvalue weighted by Gasteiger charge is 2.13. The zero-order valence-electron chi connectivity index (χ0n) is 16.8. The summed E-state index contributed by atoms with van der Waals surface area (Å²) in [5.74, 6) is 0.136. The minimum atomic E-state index is -0.259. The molecule has 1 aliphatic heterocycles. The van der Waals surface area contributed by atoms with Crippen LogP contribution in [0.1, 0.15) is 34.5 Å². The number of rotatable bonds is 5. The van der Waals surface area contributed by atoms with E-state index in [1.54, 1.807) is 12.3 Å². The highest BCUT2D eigenvalue weighted by atomic mass is 16.1. The number of nitrogens with one attached hydrogen (secondary N) is 2. The summed E-state index contributed by atoms with van der Waals surface area (Å²) >= 11 is 0. The van der Waals surface area contributed by atoms with Gasteiger partial charge in [-0.15, -0.1) is 0 Å². The molecule has 1 amide bonds. The molecule has 0 aliphatic carbocycles. The lowest BCUT2D eigenvalue weighted by Gasteiger charge is -2.17. The van der Waals surface area contributed by atoms with Gasteiger partial charge in [-0.3, -0.25) is 4.79 Å². The van der Waals surface area contributed by atoms with Gasteiger partial charge in [0.25, 0.3) is 5.91 Å². The molecule has 0 radical (unpaired) electrons. The van der Waals surface area contributed by atoms with Crippen LogP contribution >= 0.6 is 0 Å². The quantitative estimate of drug-likeness (QED) is 0.665. The first kappa shape index (κ1) is 18.9. The van der Waals surface area contributed by atoms with Crippen LogP contribution in [0.25, 0.3) is 0 Å². The molecule has 29 heavy (non-hydrogen) atoms. The Hall–Kier alpha value is -3.41. The molecule has 2 aromatic carbocycles. The van der Waals surface area contributed by atoms with E-state index < -0.39 is 0 Å². The van der Waals surface area contributed by atoms with Crippen molar-refractivity contribution < 1.29 is 4.79 Å². The number of anilines is 4. The smallest absolute Gasteiger partial charge is 0.274 e. The van der Waals surface area contributed by atoms with Gasteiger partial charge in [0, 0.05) is 36.3 Å². The maximum absolute atomic E-state index is 12.6. The number of carbonyl (C=O) groups excluding carboxylic acids is 1. The van der Waals surface area contributed by atoms with Crippen molar-refractivity contribution in [2.45, 2.75) is 26.7 Å². The van der Waals surface area contributed by atoms with E-state index in [9.17, 15) is 4.79 Å². The molecule has 4 rings (SSSR count). The Morgan fingerprint density at radius 1 is 0.931 bits per heavy atom. The first-order chi connectivity index (χ1) is 14.1. The SMILES string of the molecule is Cc1cc(C)cc(NC(=O)c2ccnc(Nc3ccc(N4CCCC4)cc3)n2)c1. The predicted octanol–water partition coefficient (Wildman–Crippen LogP) is 4.69. The molecule has 1 saturated heterocycles. The third-order valence-corrected chi connectivity index (χ3v) is 4.96. The molecule has 6 nitrogen and oxygen atoms in total. The van der Waals surface area contributed by atoms with Gasteiger partial charge in [0.05, 0.1) is 0 Å². The average Bonchev–Trinajstić information content (AvgIpc) is 3.23. The molecule has 148 valence electrons. The van der Waals surface area contributed by atoms with Crippen molar-refractivity contribution >= 4 is 28.9 Å². The number of carbonyl (C=O) groups is 1. The summed E-state index contributed by atoms with van der Waals surface area (Å²) < 4.78 is 0. The molecule has 1 aliphatic rings. The van der Waals surface area contributed by atoms with Crippen molar-refractivity contribution in [1.82, 2.24) is 9.97 Å². The standard InChI is InChI=1S/C23H25N5O/c1-16-13-17(2)15-19(14-16)25-22(29)21-9-10-24-23(27-21)26-18-5-7-20(8-6-18)28-11-3-4-12-28/h5-10,13-15H,3-4,11-12H2,1-2H3,(H,25,29)(H,24,26,27). The van der Waals surface area contributed by atoms with E-state index in [2.05, 4.69) is 43.7 Å². The van der Waals surface area contributed by atoms with E-state index in [1.165, 1.54) is 18.5 Å². The van der Waals surface area contributed by atoms with E-state index in [1.807, 2.05) is 38.1 Å². The molecular weight excluding hydrogens is 362 g/mol. The van der Waals surface area contributed by atoms with Gasteiger partial charge in [0.1, 0.15) is 5.69 Å². The summed E-state index contributed by atoms with van der Waals surface area (Å²) in [5, 5.41) is 6.09. The molecule has 0 atom stereocenters. The number of aromatic nitrogens is 2. The Morgan fingerprint density at radius 2 is 1.62 bits per heavy atom. The maximum atomic E-state index is 12.6. The van der Waals surface area contributed by atoms with Crippen molar-refractivity contribution in [1.29, 1.82) is 0 Å². The molecule has 1 aromatic heterocycles. The Morgan fingerprint density at radius 3 is 2.31 bits per heavy atom. The lowest BCUT2D eigenvalue weighted by Crippen LogP contribution is -2.17. The van der Waals surface area contributed by atoms with E-state index in [0.717, 1.165) is 35.6 Å². The van der Waals surface area contributed by atoms with Crippen molar-refractivity contribution in [3.8, 4) is 0 Å². The first-order valence-corrected chi connectivity index (χ1v) is 9.91. The summed E-state index contributed by atoms with van der Waals surface area (Å²) in [6, 6.07) is 15.8. The van der Waals surface area contributed by atoms with Crippen LogP contribution < -0.4 is 15.5 Å². The lowest BCUT2D eigenvalue weighted by molar-refractivity contribution is 0.102. The normalized spacial score (nSPS) is 13.4. The van der Waals surface area contributed by atoms with Gasteiger partial charge in [-0.05, 0) is 80.3 Å². The van der Waals surface area contributed by atoms with Crippen LogP contribution in [0, 0.1) is 13.8 Å². The predicted molar refractivity (Wildman–Crippen MR) is 117 cm³/mol. The van der Waals surface area contributed by atoms with Crippen molar-refractivity contribution in [2.24, 2.45) is 0 Å². The molecule has 0 bridgehead atoms. The Labute approximate surface area is 171 Å². The van der Waals surface area contributed by atoms with Gasteiger partial charge in [-0.1, -0.05) is 6.07 Å². The second-order valence-electron chi connectivity index (χ2n) is 7.46. The van der Waals surface area contributed by atoms with Crippen LogP contribution in [0.3, 0.4) is 0 Å². The van der Waals surface area contributed by atoms with Crippen LogP contribution in [-0.4, -0.2) is 29.0 Å². The fourth-order valence-corrected chi connectivity index (χ4v) is 3.65. The fraction of sp³-hybridized carbons (Fsp3) is 0.261. The van der Waals surface area contributed by atoms with Gasteiger partial charge >= 0.3 is 0 Å². The number of hydrogen-bond donors (Lipinski definition) is 2. The second kappa shape index (κ2) is 8.31. The summed E-state index contributed by atoms with van der Waals surface area (Å²) in [6.07, 6.45) is 4.10. The Bertz CT molecular complexity index is 990. The third kappa shape index (κ3) is 4.71. The maximum Gasteiger partial charge on any atom is 0.274 e. The first-order valence-electron chi connectivity index (χ1n) is 9.91. The van der Waals surface area contributed by atoms with Crippen LogP contribution in [0.2, 0.25) is 0 Å². The number of nitrogens with zero attached hydrogens (tertiary/aromatic N) is 3. The summed E-state index contributed by atoms with van der Waals surface area (Å²) in [7, 11) is 0. The molecule has 0 unspecified atom stereocenters. The number of hydrogen-bond acceptors (Lipinski definition) is 5. The second-order valence-corrected chi connectivity index (χ2v) is 7.46. The number of aryl methyl sites for hydroxylation is 2. The van der Waals surface area contributed by atoms with Crippen LogP contribution in [0.5, 0.6) is 0 Å². The van der Waals surface area contributed by atoms with Crippen LogP contribution in [-0.2, 0) is 0 Å². The average molecular weight is 387 g/mol. The lowest BCUT2D eigenvalue weighted by atomic mass is 10.1. The molecule has 2 N–H and O–H groups in total. The zero-order chi connectivity index (χ0) is 20.2. The summed E-state index contributed by atoms with van der Waals surface area (Å²) in [6.45, 7) is 6.25. The molecule has 0 saturated carbocycles. The summed E-state index contributed by atoms with van der Waals surface area (Å²) in [4.78, 5) is 23.6. The number of benzene rings is 2. The Kier molecular flexibility index (Phi) is 5.42. The summed E-state index contributed by atoms with van der Waals surface area (Å²) in [5.41, 5.74) is 5.40. The molecule has 0 spiro atoms. The Balaban J connectivity index is 1.44. The van der Waals surface area contributed by atoms with E-state index in [4.69, 9.17) is 0 Å². The monoisotopic (exact) mass is 387 g/mol. The van der Waals surface area contributed by atoms with Gasteiger partial charge in [-0.25, -0.2) is 9.97 Å². The minimum Gasteiger partial charge on any atom is -0.372 e. The van der Waals surface area contributed by atoms with Crippen molar-refractivity contribution in [3.63, 3.8) is 0 Å². The molecule has 3 aromatic rings.